The normalized spacial score (nSPS) is 17.8. The van der Waals surface area contributed by atoms with Crippen LogP contribution in [-0.4, -0.2) is 50.0 Å². The van der Waals surface area contributed by atoms with E-state index in [1.165, 1.54) is 4.31 Å². The van der Waals surface area contributed by atoms with Crippen LogP contribution in [0.3, 0.4) is 0 Å². The second kappa shape index (κ2) is 8.07. The molecule has 3 heterocycles. The van der Waals surface area contributed by atoms with Crippen molar-refractivity contribution in [1.82, 2.24) is 9.29 Å². The third-order valence-electron chi connectivity index (χ3n) is 6.14. The molecule has 32 heavy (non-hydrogen) atoms. The van der Waals surface area contributed by atoms with Gasteiger partial charge in [0.25, 0.3) is 0 Å². The molecule has 9 heteroatoms. The number of amides is 1. The molecule has 0 aliphatic carbocycles. The fourth-order valence-electron chi connectivity index (χ4n) is 4.55. The van der Waals surface area contributed by atoms with Crippen LogP contribution in [0.2, 0.25) is 0 Å². The number of piperidine rings is 1. The number of aromatic nitrogens is 1. The molecule has 166 valence electrons. The summed E-state index contributed by atoms with van der Waals surface area (Å²) in [5.41, 5.74) is 1.59. The lowest BCUT2D eigenvalue weighted by atomic mass is 10.0. The van der Waals surface area contributed by atoms with Crippen LogP contribution in [0.1, 0.15) is 18.4 Å². The Morgan fingerprint density at radius 3 is 2.66 bits per heavy atom. The average Bonchev–Trinajstić information content (AvgIpc) is 2.83. The second-order valence-corrected chi connectivity index (χ2v) is 9.79. The largest absolute Gasteiger partial charge is 0.495 e. The Bertz CT molecular complexity index is 1270. The minimum Gasteiger partial charge on any atom is -0.495 e. The molecule has 8 nitrogen and oxygen atoms in total. The molecule has 0 atom stereocenters. The summed E-state index contributed by atoms with van der Waals surface area (Å²) in [5, 5.41) is 1.44. The number of sulfonamides is 1. The third-order valence-corrected chi connectivity index (χ3v) is 8.10. The van der Waals surface area contributed by atoms with Gasteiger partial charge in [0.1, 0.15) is 12.4 Å². The van der Waals surface area contributed by atoms with Crippen molar-refractivity contribution in [2.45, 2.75) is 30.4 Å². The first-order valence-corrected chi connectivity index (χ1v) is 11.9. The van der Waals surface area contributed by atoms with Gasteiger partial charge in [-0.15, -0.1) is 0 Å². The summed E-state index contributed by atoms with van der Waals surface area (Å²) in [6.45, 7) is 0.816. The Morgan fingerprint density at radius 2 is 1.88 bits per heavy atom. The number of fused-ring (bicyclic) bond motifs is 2. The Kier molecular flexibility index (Phi) is 5.22. The highest BCUT2D eigenvalue weighted by Crippen LogP contribution is 2.39. The van der Waals surface area contributed by atoms with Crippen LogP contribution in [0.25, 0.3) is 10.8 Å². The molecule has 3 aromatic rings. The molecule has 0 radical (unpaired) electrons. The van der Waals surface area contributed by atoms with Crippen LogP contribution in [0, 0.1) is 0 Å². The van der Waals surface area contributed by atoms with E-state index in [1.54, 1.807) is 42.6 Å². The summed E-state index contributed by atoms with van der Waals surface area (Å²) in [7, 11) is -2.11. The fraction of sp³-hybridized carbons (Fsp3) is 0.304. The number of carbonyl (C=O) groups excluding carboxylic acids is 1. The van der Waals surface area contributed by atoms with E-state index in [-0.39, 0.29) is 17.5 Å². The van der Waals surface area contributed by atoms with E-state index in [9.17, 15) is 13.2 Å². The Hall–Kier alpha value is -3.17. The van der Waals surface area contributed by atoms with E-state index in [0.717, 1.165) is 10.9 Å². The van der Waals surface area contributed by atoms with Gasteiger partial charge in [-0.3, -0.25) is 9.88 Å². The summed E-state index contributed by atoms with van der Waals surface area (Å²) in [4.78, 5) is 18.7. The number of benzene rings is 2. The van der Waals surface area contributed by atoms with E-state index in [0.29, 0.717) is 42.8 Å². The zero-order valence-corrected chi connectivity index (χ0v) is 18.4. The van der Waals surface area contributed by atoms with E-state index < -0.39 is 16.1 Å². The van der Waals surface area contributed by atoms with Gasteiger partial charge in [-0.2, -0.15) is 4.31 Å². The van der Waals surface area contributed by atoms with E-state index in [2.05, 4.69) is 4.98 Å². The van der Waals surface area contributed by atoms with Crippen LogP contribution in [-0.2, 0) is 21.4 Å². The number of anilines is 1. The minimum atomic E-state index is -3.68. The number of hydrogen-bond donors (Lipinski definition) is 0. The number of cyclic esters (lactones) is 1. The Labute approximate surface area is 186 Å². The number of rotatable bonds is 4. The maximum absolute atomic E-state index is 13.4. The van der Waals surface area contributed by atoms with Crippen molar-refractivity contribution in [3.63, 3.8) is 0 Å². The van der Waals surface area contributed by atoms with Gasteiger partial charge in [0.2, 0.25) is 10.0 Å². The molecule has 5 rings (SSSR count). The van der Waals surface area contributed by atoms with E-state index in [1.807, 2.05) is 24.3 Å². The number of pyridine rings is 1. The monoisotopic (exact) mass is 453 g/mol. The van der Waals surface area contributed by atoms with E-state index in [4.69, 9.17) is 9.47 Å². The zero-order chi connectivity index (χ0) is 22.3. The SMILES string of the molecule is COc1cccc2c1N(C1CCN(S(=O)(=O)c3cccc4cnccc34)CC1)C(=O)OC2. The lowest BCUT2D eigenvalue weighted by Crippen LogP contribution is -2.50. The van der Waals surface area contributed by atoms with Gasteiger partial charge >= 0.3 is 6.09 Å². The molecule has 2 aliphatic rings. The van der Waals surface area contributed by atoms with Gasteiger partial charge in [0, 0.05) is 47.9 Å². The summed E-state index contributed by atoms with van der Waals surface area (Å²) in [6.07, 6.45) is 3.83. The highest BCUT2D eigenvalue weighted by Gasteiger charge is 2.38. The number of ether oxygens (including phenoxy) is 2. The first kappa shape index (κ1) is 20.7. The molecular formula is C23H23N3O5S. The van der Waals surface area contributed by atoms with Gasteiger partial charge in [-0.25, -0.2) is 13.2 Å². The number of carbonyl (C=O) groups is 1. The second-order valence-electron chi connectivity index (χ2n) is 7.88. The predicted octanol–water partition coefficient (Wildman–Crippen LogP) is 3.55. The first-order valence-electron chi connectivity index (χ1n) is 10.5. The average molecular weight is 454 g/mol. The lowest BCUT2D eigenvalue weighted by Gasteiger charge is -2.40. The van der Waals surface area contributed by atoms with Gasteiger partial charge in [0.05, 0.1) is 17.7 Å². The smallest absolute Gasteiger partial charge is 0.415 e. The van der Waals surface area contributed by atoms with Crippen molar-refractivity contribution >= 4 is 32.6 Å². The fourth-order valence-corrected chi connectivity index (χ4v) is 6.24. The number of hydrogen-bond acceptors (Lipinski definition) is 6. The molecule has 1 saturated heterocycles. The molecule has 0 unspecified atom stereocenters. The van der Waals surface area contributed by atoms with Gasteiger partial charge < -0.3 is 9.47 Å². The Morgan fingerprint density at radius 1 is 1.09 bits per heavy atom. The molecule has 0 bridgehead atoms. The van der Waals surface area contributed by atoms with Gasteiger partial charge in [0.15, 0.2) is 0 Å². The summed E-state index contributed by atoms with van der Waals surface area (Å²) < 4.78 is 39.2. The van der Waals surface area contributed by atoms with Crippen molar-refractivity contribution in [1.29, 1.82) is 0 Å². The highest BCUT2D eigenvalue weighted by molar-refractivity contribution is 7.89. The maximum Gasteiger partial charge on any atom is 0.415 e. The summed E-state index contributed by atoms with van der Waals surface area (Å²) in [5.74, 6) is 0.610. The quantitative estimate of drug-likeness (QED) is 0.600. The van der Waals surface area contributed by atoms with Crippen LogP contribution >= 0.6 is 0 Å². The molecule has 0 saturated carbocycles. The van der Waals surface area contributed by atoms with Crippen molar-refractivity contribution < 1.29 is 22.7 Å². The Balaban J connectivity index is 1.41. The van der Waals surface area contributed by atoms with Crippen LogP contribution in [0.5, 0.6) is 5.75 Å². The highest BCUT2D eigenvalue weighted by atomic mass is 32.2. The lowest BCUT2D eigenvalue weighted by molar-refractivity contribution is 0.135. The third kappa shape index (κ3) is 3.37. The van der Waals surface area contributed by atoms with Crippen molar-refractivity contribution in [3.05, 3.63) is 60.4 Å². The van der Waals surface area contributed by atoms with E-state index >= 15 is 0 Å². The topological polar surface area (TPSA) is 89.0 Å². The number of nitrogens with zero attached hydrogens (tertiary/aromatic N) is 3. The molecule has 2 aromatic carbocycles. The van der Waals surface area contributed by atoms with Crippen molar-refractivity contribution in [3.8, 4) is 5.75 Å². The zero-order valence-electron chi connectivity index (χ0n) is 17.6. The molecule has 0 spiro atoms. The standard InChI is InChI=1S/C23H23N3O5S/c1-30-20-6-2-5-17-15-31-23(27)26(22(17)20)18-9-12-25(13-10-18)32(28,29)21-7-3-4-16-14-24-11-8-19(16)21/h2-8,11,14,18H,9-10,12-13,15H2,1H3. The van der Waals surface area contributed by atoms with Gasteiger partial charge in [-0.05, 0) is 31.0 Å². The predicted molar refractivity (Wildman–Crippen MR) is 119 cm³/mol. The van der Waals surface area contributed by atoms with Crippen molar-refractivity contribution in [2.24, 2.45) is 0 Å². The molecule has 1 amide bonds. The van der Waals surface area contributed by atoms with Crippen LogP contribution in [0.15, 0.2) is 59.8 Å². The molecule has 2 aliphatic heterocycles. The van der Waals surface area contributed by atoms with Crippen molar-refractivity contribution in [2.75, 3.05) is 25.1 Å². The minimum absolute atomic E-state index is 0.180. The summed E-state index contributed by atoms with van der Waals surface area (Å²) in [6, 6.07) is 12.3. The van der Waals surface area contributed by atoms with Gasteiger partial charge in [-0.1, -0.05) is 24.3 Å². The molecule has 1 aromatic heterocycles. The molecular weight excluding hydrogens is 430 g/mol. The number of para-hydroxylation sites is 1. The molecule has 1 fully saturated rings. The molecule has 0 N–H and O–H groups in total. The summed E-state index contributed by atoms with van der Waals surface area (Å²) >= 11 is 0. The van der Waals surface area contributed by atoms with Crippen LogP contribution in [0.4, 0.5) is 10.5 Å². The number of methoxy groups -OCH3 is 1. The van der Waals surface area contributed by atoms with Crippen LogP contribution < -0.4 is 9.64 Å². The maximum atomic E-state index is 13.4. The first-order chi connectivity index (χ1) is 15.5.